The van der Waals surface area contributed by atoms with Gasteiger partial charge in [-0.05, 0) is 55.7 Å². The van der Waals surface area contributed by atoms with Crippen molar-refractivity contribution in [2.45, 2.75) is 50.7 Å². The summed E-state index contributed by atoms with van der Waals surface area (Å²) in [5, 5.41) is 0. The summed E-state index contributed by atoms with van der Waals surface area (Å²) in [5.74, 6) is 0.846. The second-order valence-corrected chi connectivity index (χ2v) is 6.46. The molecule has 0 amide bonds. The fourth-order valence-electron chi connectivity index (χ4n) is 3.28. The number of likely N-dealkylation sites (tertiary alicyclic amines) is 1. The quantitative estimate of drug-likeness (QED) is 0.784. The van der Waals surface area contributed by atoms with E-state index in [1.165, 1.54) is 12.8 Å². The number of benzene rings is 1. The number of piperidine rings is 1. The first kappa shape index (κ1) is 15.0. The van der Waals surface area contributed by atoms with Crippen molar-refractivity contribution in [2.75, 3.05) is 26.2 Å². The van der Waals surface area contributed by atoms with Gasteiger partial charge in [0.2, 0.25) is 0 Å². The normalized spacial score (nSPS) is 20.8. The molecule has 0 radical (unpaired) electrons. The maximum atomic E-state index is 5.89. The third kappa shape index (κ3) is 4.29. The average Bonchev–Trinajstić information content (AvgIpc) is 3.35. The first-order chi connectivity index (χ1) is 10.4. The summed E-state index contributed by atoms with van der Waals surface area (Å²) in [6, 6.07) is 9.02. The van der Waals surface area contributed by atoms with Crippen molar-refractivity contribution in [1.82, 2.24) is 4.90 Å². The topological polar surface area (TPSA) is 38.5 Å². The Morgan fingerprint density at radius 1 is 1.10 bits per heavy atom. The van der Waals surface area contributed by atoms with E-state index in [0.717, 1.165) is 58.0 Å². The smallest absolute Gasteiger partial charge is 0.0599 e. The monoisotopic (exact) mass is 288 g/mol. The fourth-order valence-corrected chi connectivity index (χ4v) is 3.28. The summed E-state index contributed by atoms with van der Waals surface area (Å²) in [7, 11) is 0. The number of nitrogens with zero attached hydrogens (tertiary/aromatic N) is 1. The summed E-state index contributed by atoms with van der Waals surface area (Å²) in [4.78, 5) is 2.59. The number of ether oxygens (including phenoxy) is 1. The van der Waals surface area contributed by atoms with Crippen LogP contribution in [0.2, 0.25) is 0 Å². The number of hydrogen-bond acceptors (Lipinski definition) is 3. The van der Waals surface area contributed by atoms with Crippen LogP contribution in [0.1, 0.15) is 49.1 Å². The minimum atomic E-state index is 0.450. The lowest BCUT2D eigenvalue weighted by atomic mass is 10.0. The molecule has 0 bridgehead atoms. The first-order valence-corrected chi connectivity index (χ1v) is 8.48. The van der Waals surface area contributed by atoms with Gasteiger partial charge in [0.05, 0.1) is 6.10 Å². The molecular weight excluding hydrogens is 260 g/mol. The zero-order chi connectivity index (χ0) is 14.5. The molecule has 3 heteroatoms. The number of rotatable bonds is 7. The van der Waals surface area contributed by atoms with Crippen LogP contribution in [0.25, 0.3) is 0 Å². The van der Waals surface area contributed by atoms with Crippen LogP contribution in [-0.4, -0.2) is 37.2 Å². The van der Waals surface area contributed by atoms with E-state index in [-0.39, 0.29) is 0 Å². The molecule has 1 aliphatic carbocycles. The van der Waals surface area contributed by atoms with E-state index in [2.05, 4.69) is 29.2 Å². The van der Waals surface area contributed by atoms with E-state index in [4.69, 9.17) is 10.5 Å². The Bertz CT molecular complexity index is 437. The van der Waals surface area contributed by atoms with Crippen molar-refractivity contribution in [2.24, 2.45) is 5.73 Å². The predicted octanol–water partition coefficient (Wildman–Crippen LogP) is 2.89. The van der Waals surface area contributed by atoms with Gasteiger partial charge in [-0.1, -0.05) is 24.3 Å². The van der Waals surface area contributed by atoms with Crippen LogP contribution in [-0.2, 0) is 11.3 Å². The van der Waals surface area contributed by atoms with Crippen molar-refractivity contribution in [3.8, 4) is 0 Å². The molecule has 1 aromatic rings. The summed E-state index contributed by atoms with van der Waals surface area (Å²) < 4.78 is 5.89. The van der Waals surface area contributed by atoms with Gasteiger partial charge in [-0.3, -0.25) is 4.90 Å². The van der Waals surface area contributed by atoms with Gasteiger partial charge in [0.25, 0.3) is 0 Å². The second kappa shape index (κ2) is 7.39. The van der Waals surface area contributed by atoms with Crippen molar-refractivity contribution >= 4 is 0 Å². The number of hydrogen-bond donors (Lipinski definition) is 1. The van der Waals surface area contributed by atoms with Crippen LogP contribution in [0.3, 0.4) is 0 Å². The van der Waals surface area contributed by atoms with Crippen LogP contribution in [0.4, 0.5) is 0 Å². The van der Waals surface area contributed by atoms with Gasteiger partial charge in [0.1, 0.15) is 0 Å². The fraction of sp³-hybridized carbons (Fsp3) is 0.667. The molecule has 2 aliphatic rings. The lowest BCUT2D eigenvalue weighted by Gasteiger charge is -2.32. The highest BCUT2D eigenvalue weighted by atomic mass is 16.5. The SMILES string of the molecule is NCCCOC1CCN(Cc2ccccc2C2CC2)CC1. The summed E-state index contributed by atoms with van der Waals surface area (Å²) in [6.07, 6.45) is 6.52. The Labute approximate surface area is 128 Å². The molecular formula is C18H28N2O. The molecule has 21 heavy (non-hydrogen) atoms. The zero-order valence-electron chi connectivity index (χ0n) is 13.0. The molecule has 1 saturated heterocycles. The standard InChI is InChI=1S/C18H28N2O/c19-10-3-13-21-17-8-11-20(12-9-17)14-16-4-1-2-5-18(16)15-6-7-15/h1-2,4-5,15,17H,3,6-14,19H2. The van der Waals surface area contributed by atoms with E-state index >= 15 is 0 Å². The molecule has 1 aromatic carbocycles. The van der Waals surface area contributed by atoms with Crippen LogP contribution in [0.5, 0.6) is 0 Å². The minimum Gasteiger partial charge on any atom is -0.378 e. The minimum absolute atomic E-state index is 0.450. The summed E-state index contributed by atoms with van der Waals surface area (Å²) in [6.45, 7) is 4.99. The van der Waals surface area contributed by atoms with Crippen LogP contribution >= 0.6 is 0 Å². The molecule has 1 saturated carbocycles. The second-order valence-electron chi connectivity index (χ2n) is 6.46. The summed E-state index contributed by atoms with van der Waals surface area (Å²) >= 11 is 0. The Hall–Kier alpha value is -0.900. The molecule has 3 nitrogen and oxygen atoms in total. The Morgan fingerprint density at radius 3 is 2.57 bits per heavy atom. The van der Waals surface area contributed by atoms with Crippen LogP contribution in [0.15, 0.2) is 24.3 Å². The molecule has 0 unspecified atom stereocenters. The highest BCUT2D eigenvalue weighted by Crippen LogP contribution is 2.41. The van der Waals surface area contributed by atoms with Crippen molar-refractivity contribution in [1.29, 1.82) is 0 Å². The first-order valence-electron chi connectivity index (χ1n) is 8.48. The Morgan fingerprint density at radius 2 is 1.86 bits per heavy atom. The molecule has 0 atom stereocenters. The third-order valence-electron chi connectivity index (χ3n) is 4.70. The van der Waals surface area contributed by atoms with Gasteiger partial charge >= 0.3 is 0 Å². The molecule has 2 N–H and O–H groups in total. The van der Waals surface area contributed by atoms with Gasteiger partial charge in [-0.15, -0.1) is 0 Å². The highest BCUT2D eigenvalue weighted by Gasteiger charge is 2.27. The van der Waals surface area contributed by atoms with Gasteiger partial charge in [0.15, 0.2) is 0 Å². The maximum absolute atomic E-state index is 5.89. The van der Waals surface area contributed by atoms with Gasteiger partial charge in [-0.2, -0.15) is 0 Å². The zero-order valence-corrected chi connectivity index (χ0v) is 13.0. The Kier molecular flexibility index (Phi) is 5.28. The molecule has 1 heterocycles. The highest BCUT2D eigenvalue weighted by molar-refractivity contribution is 5.33. The maximum Gasteiger partial charge on any atom is 0.0599 e. The van der Waals surface area contributed by atoms with E-state index in [9.17, 15) is 0 Å². The molecule has 0 aromatic heterocycles. The number of nitrogens with two attached hydrogens (primary N) is 1. The van der Waals surface area contributed by atoms with Crippen LogP contribution in [0, 0.1) is 0 Å². The Balaban J connectivity index is 1.47. The van der Waals surface area contributed by atoms with Gasteiger partial charge < -0.3 is 10.5 Å². The van der Waals surface area contributed by atoms with Crippen molar-refractivity contribution in [3.05, 3.63) is 35.4 Å². The van der Waals surface area contributed by atoms with E-state index < -0.39 is 0 Å². The van der Waals surface area contributed by atoms with Gasteiger partial charge in [-0.25, -0.2) is 0 Å². The predicted molar refractivity (Wildman–Crippen MR) is 86.3 cm³/mol. The molecule has 1 aliphatic heterocycles. The van der Waals surface area contributed by atoms with E-state index in [1.54, 1.807) is 11.1 Å². The van der Waals surface area contributed by atoms with Crippen molar-refractivity contribution < 1.29 is 4.74 Å². The van der Waals surface area contributed by atoms with Crippen LogP contribution < -0.4 is 5.73 Å². The summed E-state index contributed by atoms with van der Waals surface area (Å²) in [5.41, 5.74) is 8.65. The van der Waals surface area contributed by atoms with Crippen molar-refractivity contribution in [3.63, 3.8) is 0 Å². The van der Waals surface area contributed by atoms with Gasteiger partial charge in [0, 0.05) is 26.2 Å². The molecule has 2 fully saturated rings. The molecule has 3 rings (SSSR count). The molecule has 0 spiro atoms. The van der Waals surface area contributed by atoms with E-state index in [1.807, 2.05) is 0 Å². The largest absolute Gasteiger partial charge is 0.378 e. The van der Waals surface area contributed by atoms with E-state index in [0.29, 0.717) is 6.10 Å². The lowest BCUT2D eigenvalue weighted by Crippen LogP contribution is -2.37. The average molecular weight is 288 g/mol. The third-order valence-corrected chi connectivity index (χ3v) is 4.70. The lowest BCUT2D eigenvalue weighted by molar-refractivity contribution is 0.00559. The molecule has 116 valence electrons.